The molecule has 12 heavy (non-hydrogen) atoms. The summed E-state index contributed by atoms with van der Waals surface area (Å²) in [5, 5.41) is 0. The fourth-order valence-corrected chi connectivity index (χ4v) is 0.870. The maximum atomic E-state index is 9.97. The summed E-state index contributed by atoms with van der Waals surface area (Å²) in [5.41, 5.74) is 0. The van der Waals surface area contributed by atoms with Gasteiger partial charge in [-0.1, -0.05) is 26.7 Å². The number of unbranched alkanes of at least 4 members (excludes halogenated alkanes) is 1. The van der Waals surface area contributed by atoms with Gasteiger partial charge in [-0.15, -0.1) is 0 Å². The minimum Gasteiger partial charge on any atom is -0.324 e. The number of hydrogen-bond donors (Lipinski definition) is 2. The Balaban J connectivity index is 0. The Morgan fingerprint density at radius 2 is 1.58 bits per heavy atom. The third-order valence-corrected chi connectivity index (χ3v) is 1.79. The third kappa shape index (κ3) is 22.6. The van der Waals surface area contributed by atoms with Crippen LogP contribution in [0.2, 0.25) is 0 Å². The van der Waals surface area contributed by atoms with Crippen molar-refractivity contribution in [3.05, 3.63) is 0 Å². The molecular formula is C7H17O4P. The zero-order valence-corrected chi connectivity index (χ0v) is 8.67. The van der Waals surface area contributed by atoms with E-state index in [9.17, 15) is 9.36 Å². The van der Waals surface area contributed by atoms with Gasteiger partial charge in [-0.3, -0.25) is 9.36 Å². The molecule has 0 aliphatic carbocycles. The molecule has 0 fully saturated rings. The average molecular weight is 196 g/mol. The third-order valence-electron chi connectivity index (χ3n) is 0.929. The minimum absolute atomic E-state index is 0.488. The van der Waals surface area contributed by atoms with Crippen LogP contribution < -0.4 is 0 Å². The standard InChI is InChI=1S/C4H10.C3H7O4P/c1-3-4-2;1-3(4)2-8(5,6)7/h3-4H2,1-2H3;2H2,1H3,(H2,5,6,7). The molecule has 0 saturated carbocycles. The molecule has 0 atom stereocenters. The van der Waals surface area contributed by atoms with Gasteiger partial charge in [-0.2, -0.15) is 0 Å². The van der Waals surface area contributed by atoms with E-state index in [0.29, 0.717) is 0 Å². The van der Waals surface area contributed by atoms with Crippen LogP contribution in [0, 0.1) is 0 Å². The maximum absolute atomic E-state index is 9.97. The van der Waals surface area contributed by atoms with Gasteiger partial charge in [0.05, 0.1) is 0 Å². The quantitative estimate of drug-likeness (QED) is 0.671. The van der Waals surface area contributed by atoms with Crippen LogP contribution in [-0.4, -0.2) is 21.7 Å². The molecule has 0 aromatic heterocycles. The first-order valence-corrected chi connectivity index (χ1v) is 5.67. The largest absolute Gasteiger partial charge is 0.332 e. The van der Waals surface area contributed by atoms with Gasteiger partial charge >= 0.3 is 7.60 Å². The van der Waals surface area contributed by atoms with Crippen molar-refractivity contribution in [2.75, 3.05) is 6.16 Å². The van der Waals surface area contributed by atoms with Gasteiger partial charge in [-0.05, 0) is 6.92 Å². The summed E-state index contributed by atoms with van der Waals surface area (Å²) in [7, 11) is -4.07. The Hall–Kier alpha value is -0.180. The lowest BCUT2D eigenvalue weighted by molar-refractivity contribution is -0.114. The highest BCUT2D eigenvalue weighted by Crippen LogP contribution is 2.33. The van der Waals surface area contributed by atoms with Crippen molar-refractivity contribution in [2.24, 2.45) is 0 Å². The Labute approximate surface area is 73.1 Å². The first kappa shape index (κ1) is 14.3. The molecule has 0 saturated heterocycles. The smallest absolute Gasteiger partial charge is 0.324 e. The molecule has 0 aliphatic rings. The summed E-state index contributed by atoms with van der Waals surface area (Å²) in [5.74, 6) is -0.488. The molecule has 0 rings (SSSR count). The minimum atomic E-state index is -4.07. The highest BCUT2D eigenvalue weighted by molar-refractivity contribution is 7.52. The fourth-order valence-electron chi connectivity index (χ4n) is 0.290. The molecular weight excluding hydrogens is 179 g/mol. The molecule has 0 amide bonds. The number of ketones is 1. The van der Waals surface area contributed by atoms with Crippen LogP contribution in [0.15, 0.2) is 0 Å². The van der Waals surface area contributed by atoms with Gasteiger partial charge in [0.25, 0.3) is 0 Å². The highest BCUT2D eigenvalue weighted by atomic mass is 31.2. The van der Waals surface area contributed by atoms with Crippen LogP contribution >= 0.6 is 7.60 Å². The van der Waals surface area contributed by atoms with Crippen molar-refractivity contribution < 1.29 is 19.1 Å². The van der Waals surface area contributed by atoms with Gasteiger partial charge in [0, 0.05) is 0 Å². The second kappa shape index (κ2) is 7.47. The molecule has 0 radical (unpaired) electrons. The zero-order valence-electron chi connectivity index (χ0n) is 7.78. The molecule has 0 heterocycles. The predicted octanol–water partition coefficient (Wildman–Crippen LogP) is 1.56. The summed E-state index contributed by atoms with van der Waals surface area (Å²) in [4.78, 5) is 26.1. The van der Waals surface area contributed by atoms with Gasteiger partial charge in [0.1, 0.15) is 11.9 Å². The SMILES string of the molecule is CC(=O)CP(=O)(O)O.CCCC. The first-order chi connectivity index (χ1) is 5.33. The Morgan fingerprint density at radius 1 is 1.25 bits per heavy atom. The van der Waals surface area contributed by atoms with E-state index in [0.717, 1.165) is 6.92 Å². The van der Waals surface area contributed by atoms with Crippen molar-refractivity contribution in [1.29, 1.82) is 0 Å². The van der Waals surface area contributed by atoms with Crippen LogP contribution in [0.4, 0.5) is 0 Å². The second-order valence-corrected chi connectivity index (χ2v) is 4.17. The summed E-state index contributed by atoms with van der Waals surface area (Å²) in [6.07, 6.45) is 1.99. The van der Waals surface area contributed by atoms with E-state index in [2.05, 4.69) is 13.8 Å². The highest BCUT2D eigenvalue weighted by Gasteiger charge is 2.14. The van der Waals surface area contributed by atoms with Crippen molar-refractivity contribution in [3.8, 4) is 0 Å². The van der Waals surface area contributed by atoms with E-state index >= 15 is 0 Å². The maximum Gasteiger partial charge on any atom is 0.332 e. The Morgan fingerprint density at radius 3 is 1.58 bits per heavy atom. The molecule has 0 aromatic rings. The van der Waals surface area contributed by atoms with Crippen molar-refractivity contribution in [2.45, 2.75) is 33.6 Å². The monoisotopic (exact) mass is 196 g/mol. The van der Waals surface area contributed by atoms with Gasteiger partial charge < -0.3 is 9.79 Å². The van der Waals surface area contributed by atoms with E-state index in [4.69, 9.17) is 9.79 Å². The van der Waals surface area contributed by atoms with E-state index in [1.54, 1.807) is 0 Å². The number of hydrogen-bond acceptors (Lipinski definition) is 2. The van der Waals surface area contributed by atoms with Crippen molar-refractivity contribution in [3.63, 3.8) is 0 Å². The molecule has 0 unspecified atom stereocenters. The molecule has 74 valence electrons. The average Bonchev–Trinajstić information content (AvgIpc) is 1.83. The van der Waals surface area contributed by atoms with Gasteiger partial charge in [0.15, 0.2) is 0 Å². The lowest BCUT2D eigenvalue weighted by atomic mass is 10.4. The summed E-state index contributed by atoms with van der Waals surface area (Å²) in [6.45, 7) is 5.50. The summed E-state index contributed by atoms with van der Waals surface area (Å²) in [6, 6.07) is 0. The first-order valence-electron chi connectivity index (χ1n) is 3.87. The van der Waals surface area contributed by atoms with E-state index in [1.807, 2.05) is 0 Å². The van der Waals surface area contributed by atoms with Crippen LogP contribution in [-0.2, 0) is 9.36 Å². The zero-order chi connectivity index (χ0) is 10.2. The lowest BCUT2D eigenvalue weighted by Crippen LogP contribution is -1.97. The molecule has 2 N–H and O–H groups in total. The van der Waals surface area contributed by atoms with Crippen molar-refractivity contribution >= 4 is 13.4 Å². The van der Waals surface area contributed by atoms with Crippen LogP contribution in [0.1, 0.15) is 33.6 Å². The predicted molar refractivity (Wildman–Crippen MR) is 48.2 cm³/mol. The number of Topliss-reactive ketones (excluding diaryl/α,β-unsaturated/α-hetero) is 1. The van der Waals surface area contributed by atoms with Crippen LogP contribution in [0.3, 0.4) is 0 Å². The second-order valence-electron chi connectivity index (χ2n) is 2.52. The van der Waals surface area contributed by atoms with Crippen LogP contribution in [0.25, 0.3) is 0 Å². The Kier molecular flexibility index (Phi) is 8.93. The lowest BCUT2D eigenvalue weighted by Gasteiger charge is -1.96. The molecule has 0 spiro atoms. The van der Waals surface area contributed by atoms with Crippen molar-refractivity contribution in [1.82, 2.24) is 0 Å². The Bertz CT molecular complexity index is 159. The van der Waals surface area contributed by atoms with E-state index in [-0.39, 0.29) is 0 Å². The number of carbonyl (C=O) groups excluding carboxylic acids is 1. The molecule has 5 heteroatoms. The van der Waals surface area contributed by atoms with E-state index < -0.39 is 19.5 Å². The molecule has 4 nitrogen and oxygen atoms in total. The molecule has 0 aromatic carbocycles. The normalized spacial score (nSPS) is 10.1. The number of carbonyl (C=O) groups is 1. The fraction of sp³-hybridized carbons (Fsp3) is 0.857. The topological polar surface area (TPSA) is 74.6 Å². The number of rotatable bonds is 3. The molecule has 0 bridgehead atoms. The van der Waals surface area contributed by atoms with Gasteiger partial charge in [-0.25, -0.2) is 0 Å². The van der Waals surface area contributed by atoms with Gasteiger partial charge in [0.2, 0.25) is 0 Å². The summed E-state index contributed by atoms with van der Waals surface area (Å²) >= 11 is 0. The summed E-state index contributed by atoms with van der Waals surface area (Å²) < 4.78 is 9.92. The van der Waals surface area contributed by atoms with Crippen LogP contribution in [0.5, 0.6) is 0 Å². The molecule has 0 aliphatic heterocycles. The van der Waals surface area contributed by atoms with E-state index in [1.165, 1.54) is 12.8 Å².